The molecule has 0 amide bonds. The van der Waals surface area contributed by atoms with Crippen LogP contribution in [0.25, 0.3) is 0 Å². The maximum Gasteiger partial charge on any atom is 0.191 e. The number of nitrogens with zero attached hydrogens (tertiary/aromatic N) is 2. The monoisotopic (exact) mass is 326 g/mol. The molecule has 2 aromatic rings. The number of rotatable bonds is 6. The Hall–Kier alpha value is -1.53. The number of hydrogen-bond donors (Lipinski definition) is 2. The highest BCUT2D eigenvalue weighted by Crippen LogP contribution is 2.27. The summed E-state index contributed by atoms with van der Waals surface area (Å²) >= 11 is 7.55. The van der Waals surface area contributed by atoms with E-state index in [9.17, 15) is 4.39 Å². The van der Waals surface area contributed by atoms with E-state index in [1.54, 1.807) is 12.1 Å². The molecule has 3 N–H and O–H groups in total. The van der Waals surface area contributed by atoms with Gasteiger partial charge in [0.05, 0.1) is 0 Å². The molecule has 1 aromatic carbocycles. The summed E-state index contributed by atoms with van der Waals surface area (Å²) in [4.78, 5) is 8.50. The number of thioether (sulfide) groups is 1. The summed E-state index contributed by atoms with van der Waals surface area (Å²) < 4.78 is 12.9. The molecule has 0 aliphatic rings. The van der Waals surface area contributed by atoms with E-state index < -0.39 is 0 Å². The molecule has 0 aliphatic carbocycles. The Bertz CT molecular complexity index is 607. The van der Waals surface area contributed by atoms with Crippen LogP contribution in [0.5, 0.6) is 0 Å². The molecule has 1 heterocycles. The Balaban J connectivity index is 2.10. The number of nitrogens with one attached hydrogen (secondary N) is 1. The second-order valence-electron chi connectivity index (χ2n) is 4.39. The van der Waals surface area contributed by atoms with E-state index in [4.69, 9.17) is 17.3 Å². The predicted molar refractivity (Wildman–Crippen MR) is 86.2 cm³/mol. The number of nitrogens with two attached hydrogens (primary N) is 1. The van der Waals surface area contributed by atoms with Crippen molar-refractivity contribution in [1.82, 2.24) is 9.97 Å². The zero-order valence-electron chi connectivity index (χ0n) is 11.6. The minimum absolute atomic E-state index is 0.241. The predicted octanol–water partition coefficient (Wildman–Crippen LogP) is 3.97. The Labute approximate surface area is 132 Å². The molecule has 0 atom stereocenters. The van der Waals surface area contributed by atoms with Gasteiger partial charge in [-0.2, -0.15) is 0 Å². The van der Waals surface area contributed by atoms with Crippen LogP contribution in [-0.4, -0.2) is 15.7 Å². The molecule has 0 saturated heterocycles. The van der Waals surface area contributed by atoms with Crippen LogP contribution in [0.2, 0.25) is 5.15 Å². The van der Waals surface area contributed by atoms with Crippen molar-refractivity contribution >= 4 is 34.9 Å². The van der Waals surface area contributed by atoms with E-state index in [2.05, 4.69) is 22.2 Å². The number of aromatic nitrogens is 2. The number of halogens is 2. The van der Waals surface area contributed by atoms with Crippen molar-refractivity contribution in [1.29, 1.82) is 0 Å². The lowest BCUT2D eigenvalue weighted by Crippen LogP contribution is -2.07. The summed E-state index contributed by atoms with van der Waals surface area (Å²) in [7, 11) is 0. The van der Waals surface area contributed by atoms with Crippen LogP contribution in [0.3, 0.4) is 0 Å². The second-order valence-corrected chi connectivity index (χ2v) is 5.81. The minimum Gasteiger partial charge on any atom is -0.393 e. The van der Waals surface area contributed by atoms with Crippen LogP contribution < -0.4 is 11.1 Å². The first kappa shape index (κ1) is 15.9. The lowest BCUT2D eigenvalue weighted by atomic mass is 10.2. The quantitative estimate of drug-likeness (QED) is 0.478. The van der Waals surface area contributed by atoms with Gasteiger partial charge in [0.15, 0.2) is 16.1 Å². The molecule has 0 radical (unpaired) electrons. The largest absolute Gasteiger partial charge is 0.393 e. The van der Waals surface area contributed by atoms with Crippen molar-refractivity contribution in [3.63, 3.8) is 0 Å². The maximum absolute atomic E-state index is 12.9. The number of nitrogen functional groups attached to an aromatic ring is 1. The standard InChI is InChI=1S/C14H16ClFN4S/c1-2-7-21-14-19-12(15)11(17)13(20-14)18-8-9-3-5-10(16)6-4-9/h3-6H,2,7-8,17H2,1H3,(H,18,19,20). The summed E-state index contributed by atoms with van der Waals surface area (Å²) in [5.41, 5.74) is 7.12. The topological polar surface area (TPSA) is 63.8 Å². The molecule has 0 unspecified atom stereocenters. The third-order valence-corrected chi connectivity index (χ3v) is 4.03. The van der Waals surface area contributed by atoms with Crippen LogP contribution in [0.1, 0.15) is 18.9 Å². The van der Waals surface area contributed by atoms with E-state index >= 15 is 0 Å². The number of anilines is 2. The van der Waals surface area contributed by atoms with Crippen LogP contribution in [0.15, 0.2) is 29.4 Å². The van der Waals surface area contributed by atoms with Gasteiger partial charge in [-0.15, -0.1) is 0 Å². The van der Waals surface area contributed by atoms with Crippen LogP contribution in [0, 0.1) is 5.82 Å². The minimum atomic E-state index is -0.262. The zero-order valence-corrected chi connectivity index (χ0v) is 13.1. The van der Waals surface area contributed by atoms with Crippen molar-refractivity contribution in [3.8, 4) is 0 Å². The number of benzene rings is 1. The van der Waals surface area contributed by atoms with Gasteiger partial charge in [0.1, 0.15) is 11.5 Å². The molecule has 0 bridgehead atoms. The highest BCUT2D eigenvalue weighted by Gasteiger charge is 2.10. The molecule has 0 fully saturated rings. The van der Waals surface area contributed by atoms with Crippen molar-refractivity contribution < 1.29 is 4.39 Å². The van der Waals surface area contributed by atoms with Gasteiger partial charge in [0, 0.05) is 12.3 Å². The molecule has 2 rings (SSSR count). The van der Waals surface area contributed by atoms with Crippen molar-refractivity contribution in [2.75, 3.05) is 16.8 Å². The molecule has 0 spiro atoms. The highest BCUT2D eigenvalue weighted by molar-refractivity contribution is 7.99. The zero-order chi connectivity index (χ0) is 15.2. The molecule has 21 heavy (non-hydrogen) atoms. The summed E-state index contributed by atoms with van der Waals surface area (Å²) in [5, 5.41) is 3.95. The van der Waals surface area contributed by atoms with E-state index in [0.29, 0.717) is 23.2 Å². The molecular formula is C14H16ClFN4S. The van der Waals surface area contributed by atoms with E-state index in [0.717, 1.165) is 17.7 Å². The lowest BCUT2D eigenvalue weighted by molar-refractivity contribution is 0.627. The molecule has 1 aromatic heterocycles. The van der Waals surface area contributed by atoms with E-state index in [1.807, 2.05) is 0 Å². The SMILES string of the molecule is CCCSc1nc(Cl)c(N)c(NCc2ccc(F)cc2)n1. The summed E-state index contributed by atoms with van der Waals surface area (Å²) in [6, 6.07) is 6.23. The fourth-order valence-electron chi connectivity index (χ4n) is 1.60. The van der Waals surface area contributed by atoms with Gasteiger partial charge in [-0.25, -0.2) is 14.4 Å². The van der Waals surface area contributed by atoms with Gasteiger partial charge < -0.3 is 11.1 Å². The third kappa shape index (κ3) is 4.47. The van der Waals surface area contributed by atoms with E-state index in [-0.39, 0.29) is 11.0 Å². The molecule has 7 heteroatoms. The van der Waals surface area contributed by atoms with Crippen molar-refractivity contribution in [2.45, 2.75) is 25.0 Å². The van der Waals surface area contributed by atoms with Crippen LogP contribution in [-0.2, 0) is 6.54 Å². The Morgan fingerprint density at radius 2 is 2.00 bits per heavy atom. The van der Waals surface area contributed by atoms with Crippen molar-refractivity contribution in [3.05, 3.63) is 40.8 Å². The van der Waals surface area contributed by atoms with E-state index in [1.165, 1.54) is 23.9 Å². The fourth-order valence-corrected chi connectivity index (χ4v) is 2.52. The van der Waals surface area contributed by atoms with Gasteiger partial charge in [-0.1, -0.05) is 42.4 Å². The summed E-state index contributed by atoms with van der Waals surface area (Å²) in [6.07, 6.45) is 1.02. The van der Waals surface area contributed by atoms with Gasteiger partial charge in [-0.05, 0) is 24.1 Å². The average Bonchev–Trinajstić information content (AvgIpc) is 2.48. The van der Waals surface area contributed by atoms with Crippen LogP contribution in [0.4, 0.5) is 15.9 Å². The Morgan fingerprint density at radius 1 is 1.29 bits per heavy atom. The number of hydrogen-bond acceptors (Lipinski definition) is 5. The maximum atomic E-state index is 12.9. The Morgan fingerprint density at radius 3 is 2.67 bits per heavy atom. The Kier molecular flexibility index (Phi) is 5.64. The normalized spacial score (nSPS) is 10.6. The fraction of sp³-hybridized carbons (Fsp3) is 0.286. The molecule has 0 saturated carbocycles. The highest BCUT2D eigenvalue weighted by atomic mass is 35.5. The van der Waals surface area contributed by atoms with Gasteiger partial charge in [-0.3, -0.25) is 0 Å². The molecule has 0 aliphatic heterocycles. The van der Waals surface area contributed by atoms with Gasteiger partial charge >= 0.3 is 0 Å². The van der Waals surface area contributed by atoms with Gasteiger partial charge in [0.25, 0.3) is 0 Å². The molecule has 112 valence electrons. The smallest absolute Gasteiger partial charge is 0.191 e. The molecule has 4 nitrogen and oxygen atoms in total. The average molecular weight is 327 g/mol. The first-order valence-electron chi connectivity index (χ1n) is 6.54. The molecular weight excluding hydrogens is 311 g/mol. The first-order chi connectivity index (χ1) is 10.1. The van der Waals surface area contributed by atoms with Crippen LogP contribution >= 0.6 is 23.4 Å². The third-order valence-electron chi connectivity index (χ3n) is 2.69. The summed E-state index contributed by atoms with van der Waals surface area (Å²) in [6.45, 7) is 2.56. The summed E-state index contributed by atoms with van der Waals surface area (Å²) in [5.74, 6) is 1.15. The van der Waals surface area contributed by atoms with Crippen molar-refractivity contribution in [2.24, 2.45) is 0 Å². The second kappa shape index (κ2) is 7.47. The van der Waals surface area contributed by atoms with Gasteiger partial charge in [0.2, 0.25) is 0 Å². The first-order valence-corrected chi connectivity index (χ1v) is 7.90. The lowest BCUT2D eigenvalue weighted by Gasteiger charge is -2.11.